The van der Waals surface area contributed by atoms with Crippen molar-refractivity contribution >= 4 is 0 Å². The Kier molecular flexibility index (Phi) is 4.08. The van der Waals surface area contributed by atoms with Gasteiger partial charge in [0.2, 0.25) is 0 Å². The molecular weight excluding hydrogens is 260 g/mol. The van der Waals surface area contributed by atoms with Crippen molar-refractivity contribution in [3.63, 3.8) is 0 Å². The van der Waals surface area contributed by atoms with E-state index in [1.165, 1.54) is 12.0 Å². The van der Waals surface area contributed by atoms with Gasteiger partial charge in [0.1, 0.15) is 0 Å². The van der Waals surface area contributed by atoms with E-state index in [0.717, 1.165) is 39.1 Å². The zero-order valence-corrected chi connectivity index (χ0v) is 13.3. The van der Waals surface area contributed by atoms with Crippen LogP contribution in [0.4, 0.5) is 0 Å². The topological polar surface area (TPSA) is 35.5 Å². The smallest absolute Gasteiger partial charge is 0.0848 e. The minimum absolute atomic E-state index is 0.0594. The van der Waals surface area contributed by atoms with Crippen molar-refractivity contribution < 1.29 is 5.11 Å². The van der Waals surface area contributed by atoms with Gasteiger partial charge in [-0.1, -0.05) is 44.2 Å². The molecule has 1 aromatic carbocycles. The van der Waals surface area contributed by atoms with E-state index in [4.69, 9.17) is 0 Å². The van der Waals surface area contributed by atoms with Gasteiger partial charge in [0, 0.05) is 25.0 Å². The summed E-state index contributed by atoms with van der Waals surface area (Å²) in [6, 6.07) is 10.8. The van der Waals surface area contributed by atoms with Gasteiger partial charge >= 0.3 is 0 Å². The highest BCUT2D eigenvalue weighted by Gasteiger charge is 2.46. The number of hydrogen-bond donors (Lipinski definition) is 2. The van der Waals surface area contributed by atoms with Crippen molar-refractivity contribution in [2.45, 2.75) is 38.2 Å². The monoisotopic (exact) mass is 288 g/mol. The predicted octanol–water partition coefficient (Wildman–Crippen LogP) is 2.23. The molecule has 0 aliphatic carbocycles. The standard InChI is InChI=1S/C18H28N2O/c1-17(2)13-19-10-9-18(17,21)14-20-11-8-16(12-20)15-6-4-3-5-7-15/h3-7,16,19,21H,8-14H2,1-2H3/t16-,18?/m1/s1. The Bertz CT molecular complexity index is 473. The third-order valence-electron chi connectivity index (χ3n) is 5.57. The second kappa shape index (κ2) is 5.71. The number of nitrogens with zero attached hydrogens (tertiary/aromatic N) is 1. The van der Waals surface area contributed by atoms with E-state index in [2.05, 4.69) is 54.4 Å². The van der Waals surface area contributed by atoms with E-state index in [1.54, 1.807) is 0 Å². The predicted molar refractivity (Wildman–Crippen MR) is 86.5 cm³/mol. The van der Waals surface area contributed by atoms with Crippen molar-refractivity contribution in [3.8, 4) is 0 Å². The van der Waals surface area contributed by atoms with E-state index >= 15 is 0 Å². The van der Waals surface area contributed by atoms with Crippen LogP contribution >= 0.6 is 0 Å². The maximum absolute atomic E-state index is 11.1. The lowest BCUT2D eigenvalue weighted by molar-refractivity contribution is -0.103. The zero-order valence-electron chi connectivity index (χ0n) is 13.3. The van der Waals surface area contributed by atoms with Crippen molar-refractivity contribution in [1.29, 1.82) is 0 Å². The van der Waals surface area contributed by atoms with Gasteiger partial charge in [0.25, 0.3) is 0 Å². The summed E-state index contributed by atoms with van der Waals surface area (Å²) in [5.74, 6) is 0.625. The van der Waals surface area contributed by atoms with Crippen LogP contribution < -0.4 is 5.32 Å². The SMILES string of the molecule is CC1(C)CNCCC1(O)CN1CC[C@@H](c2ccccc2)C1. The van der Waals surface area contributed by atoms with E-state index in [0.29, 0.717) is 5.92 Å². The second-order valence-electron chi connectivity index (χ2n) is 7.47. The highest BCUT2D eigenvalue weighted by atomic mass is 16.3. The van der Waals surface area contributed by atoms with Crippen LogP contribution in [0, 0.1) is 5.41 Å². The molecule has 2 heterocycles. The van der Waals surface area contributed by atoms with Crippen LogP contribution in [0.25, 0.3) is 0 Å². The first-order valence-electron chi connectivity index (χ1n) is 8.21. The molecule has 0 saturated carbocycles. The molecule has 0 radical (unpaired) electrons. The van der Waals surface area contributed by atoms with Crippen molar-refractivity contribution in [1.82, 2.24) is 10.2 Å². The maximum atomic E-state index is 11.1. The van der Waals surface area contributed by atoms with E-state index in [1.807, 2.05) is 0 Å². The average Bonchev–Trinajstić information content (AvgIpc) is 2.92. The number of hydrogen-bond acceptors (Lipinski definition) is 3. The minimum atomic E-state index is -0.566. The Morgan fingerprint density at radius 1 is 1.29 bits per heavy atom. The van der Waals surface area contributed by atoms with Crippen LogP contribution in [0.2, 0.25) is 0 Å². The van der Waals surface area contributed by atoms with Gasteiger partial charge in [0.05, 0.1) is 5.60 Å². The Morgan fingerprint density at radius 3 is 2.76 bits per heavy atom. The molecule has 0 bridgehead atoms. The molecule has 0 amide bonds. The number of benzene rings is 1. The minimum Gasteiger partial charge on any atom is -0.388 e. The number of nitrogens with one attached hydrogen (secondary N) is 1. The molecule has 2 atom stereocenters. The molecule has 1 unspecified atom stereocenters. The molecule has 3 rings (SSSR count). The first-order chi connectivity index (χ1) is 10.0. The largest absolute Gasteiger partial charge is 0.388 e. The molecule has 2 saturated heterocycles. The van der Waals surface area contributed by atoms with E-state index < -0.39 is 5.60 Å². The summed E-state index contributed by atoms with van der Waals surface area (Å²) >= 11 is 0. The van der Waals surface area contributed by atoms with E-state index in [9.17, 15) is 5.11 Å². The second-order valence-corrected chi connectivity index (χ2v) is 7.47. The van der Waals surface area contributed by atoms with Gasteiger partial charge in [-0.3, -0.25) is 4.90 Å². The van der Waals surface area contributed by atoms with Gasteiger partial charge in [-0.05, 0) is 37.4 Å². The van der Waals surface area contributed by atoms with Crippen molar-refractivity contribution in [3.05, 3.63) is 35.9 Å². The van der Waals surface area contributed by atoms with Crippen LogP contribution in [-0.2, 0) is 0 Å². The number of piperidine rings is 1. The summed E-state index contributed by atoms with van der Waals surface area (Å²) in [5.41, 5.74) is 0.816. The average molecular weight is 288 g/mol. The van der Waals surface area contributed by atoms with Crippen LogP contribution in [-0.4, -0.2) is 48.3 Å². The fourth-order valence-corrected chi connectivity index (χ4v) is 3.84. The Morgan fingerprint density at radius 2 is 2.05 bits per heavy atom. The number of likely N-dealkylation sites (tertiary alicyclic amines) is 1. The van der Waals surface area contributed by atoms with Gasteiger partial charge in [-0.2, -0.15) is 0 Å². The Labute approximate surface area is 128 Å². The third-order valence-corrected chi connectivity index (χ3v) is 5.57. The lowest BCUT2D eigenvalue weighted by Crippen LogP contribution is -2.60. The summed E-state index contributed by atoms with van der Waals surface area (Å²) in [6.07, 6.45) is 2.06. The number of β-amino-alcohol motifs (C(OH)–C–C–N with tert-alkyl or cyclic N) is 1. The van der Waals surface area contributed by atoms with Gasteiger partial charge in [0.15, 0.2) is 0 Å². The molecule has 1 aromatic rings. The molecule has 3 heteroatoms. The summed E-state index contributed by atoms with van der Waals surface area (Å²) in [6.45, 7) is 9.19. The highest BCUT2D eigenvalue weighted by Crippen LogP contribution is 2.38. The lowest BCUT2D eigenvalue weighted by atomic mass is 9.70. The third kappa shape index (κ3) is 3.01. The van der Waals surface area contributed by atoms with Crippen LogP contribution in [0.3, 0.4) is 0 Å². The Balaban J connectivity index is 1.64. The first-order valence-corrected chi connectivity index (χ1v) is 8.21. The van der Waals surface area contributed by atoms with Gasteiger partial charge < -0.3 is 10.4 Å². The summed E-state index contributed by atoms with van der Waals surface area (Å²) < 4.78 is 0. The van der Waals surface area contributed by atoms with Crippen molar-refractivity contribution in [2.24, 2.45) is 5.41 Å². The quantitative estimate of drug-likeness (QED) is 0.895. The molecule has 0 aromatic heterocycles. The lowest BCUT2D eigenvalue weighted by Gasteiger charge is -2.48. The summed E-state index contributed by atoms with van der Waals surface area (Å²) in [4.78, 5) is 2.46. The molecule has 2 N–H and O–H groups in total. The molecule has 2 aliphatic heterocycles. The number of aliphatic hydroxyl groups is 1. The number of rotatable bonds is 3. The van der Waals surface area contributed by atoms with E-state index in [-0.39, 0.29) is 5.41 Å². The van der Waals surface area contributed by atoms with Gasteiger partial charge in [-0.25, -0.2) is 0 Å². The highest BCUT2D eigenvalue weighted by molar-refractivity contribution is 5.21. The fraction of sp³-hybridized carbons (Fsp3) is 0.667. The van der Waals surface area contributed by atoms with Gasteiger partial charge in [-0.15, -0.1) is 0 Å². The summed E-state index contributed by atoms with van der Waals surface area (Å²) in [5, 5.41) is 14.5. The molecule has 21 heavy (non-hydrogen) atoms. The maximum Gasteiger partial charge on any atom is 0.0848 e. The van der Waals surface area contributed by atoms with Crippen molar-refractivity contribution in [2.75, 3.05) is 32.7 Å². The normalized spacial score (nSPS) is 33.2. The molecule has 116 valence electrons. The fourth-order valence-electron chi connectivity index (χ4n) is 3.84. The summed E-state index contributed by atoms with van der Waals surface area (Å²) in [7, 11) is 0. The van der Waals surface area contributed by atoms with Crippen LogP contribution in [0.15, 0.2) is 30.3 Å². The molecule has 0 spiro atoms. The molecule has 2 fully saturated rings. The molecule has 3 nitrogen and oxygen atoms in total. The molecule has 2 aliphatic rings. The van der Waals surface area contributed by atoms with Crippen LogP contribution in [0.5, 0.6) is 0 Å². The Hall–Kier alpha value is -0.900. The molecular formula is C18H28N2O. The first kappa shape index (κ1) is 15.0. The zero-order chi connectivity index (χ0) is 14.9. The van der Waals surface area contributed by atoms with Crippen LogP contribution in [0.1, 0.15) is 38.2 Å².